The summed E-state index contributed by atoms with van der Waals surface area (Å²) in [6.07, 6.45) is 1.24. The molecule has 0 bridgehead atoms. The highest BCUT2D eigenvalue weighted by Crippen LogP contribution is 2.29. The molecule has 0 spiro atoms. The lowest BCUT2D eigenvalue weighted by Gasteiger charge is -2.30. The van der Waals surface area contributed by atoms with Gasteiger partial charge in [-0.25, -0.2) is 12.8 Å². The Kier molecular flexibility index (Phi) is 7.88. The van der Waals surface area contributed by atoms with Gasteiger partial charge in [-0.1, -0.05) is 17.7 Å². The van der Waals surface area contributed by atoms with E-state index in [2.05, 4.69) is 0 Å². The van der Waals surface area contributed by atoms with E-state index in [4.69, 9.17) is 21.6 Å². The van der Waals surface area contributed by atoms with Crippen molar-refractivity contribution >= 4 is 27.4 Å². The van der Waals surface area contributed by atoms with Crippen molar-refractivity contribution in [3.8, 4) is 11.8 Å². The Balaban J connectivity index is 1.59. The minimum Gasteiger partial charge on any atom is -0.494 e. The number of rotatable bonds is 8. The number of carbonyl (C=O) groups excluding carboxylic acids is 1. The summed E-state index contributed by atoms with van der Waals surface area (Å²) in [5.74, 6) is -0.377. The molecule has 2 aromatic carbocycles. The number of benzene rings is 2. The van der Waals surface area contributed by atoms with Crippen LogP contribution in [0.25, 0.3) is 0 Å². The van der Waals surface area contributed by atoms with Gasteiger partial charge in [0.2, 0.25) is 10.0 Å². The lowest BCUT2D eigenvalue weighted by atomic mass is 9.90. The van der Waals surface area contributed by atoms with Crippen LogP contribution < -0.4 is 4.74 Å². The van der Waals surface area contributed by atoms with E-state index >= 15 is 0 Å². The van der Waals surface area contributed by atoms with Crippen LogP contribution in [0, 0.1) is 23.1 Å². The van der Waals surface area contributed by atoms with Gasteiger partial charge in [-0.2, -0.15) is 9.57 Å². The quantitative estimate of drug-likeness (QED) is 0.562. The fourth-order valence-corrected chi connectivity index (χ4v) is 5.61. The Morgan fingerprint density at radius 1 is 1.25 bits per heavy atom. The summed E-state index contributed by atoms with van der Waals surface area (Å²) in [6, 6.07) is 10.5. The van der Waals surface area contributed by atoms with E-state index < -0.39 is 15.8 Å². The van der Waals surface area contributed by atoms with Crippen molar-refractivity contribution in [2.45, 2.75) is 37.5 Å². The van der Waals surface area contributed by atoms with Gasteiger partial charge in [0.05, 0.1) is 23.1 Å². The monoisotopic (exact) mass is 478 g/mol. The van der Waals surface area contributed by atoms with Crippen LogP contribution in [0.5, 0.6) is 5.75 Å². The van der Waals surface area contributed by atoms with Gasteiger partial charge in [-0.05, 0) is 56.0 Å². The van der Waals surface area contributed by atoms with Gasteiger partial charge in [-0.3, -0.25) is 4.79 Å². The Morgan fingerprint density at radius 2 is 1.97 bits per heavy atom. The number of nitrogens with zero attached hydrogens (tertiary/aromatic N) is 2. The first-order valence-corrected chi connectivity index (χ1v) is 12.2. The first-order valence-electron chi connectivity index (χ1n) is 10.4. The van der Waals surface area contributed by atoms with E-state index in [1.54, 1.807) is 13.0 Å². The van der Waals surface area contributed by atoms with E-state index in [1.165, 1.54) is 28.6 Å². The molecule has 1 saturated heterocycles. The molecule has 9 heteroatoms. The number of nitriles is 1. The molecule has 0 atom stereocenters. The van der Waals surface area contributed by atoms with Crippen molar-refractivity contribution < 1.29 is 22.3 Å². The Morgan fingerprint density at radius 3 is 2.59 bits per heavy atom. The molecule has 0 radical (unpaired) electrons. The third-order valence-electron chi connectivity index (χ3n) is 5.53. The zero-order chi connectivity index (χ0) is 23.3. The fraction of sp³-hybridized carbons (Fsp3) is 0.391. The highest BCUT2D eigenvalue weighted by molar-refractivity contribution is 7.89. The average Bonchev–Trinajstić information content (AvgIpc) is 2.78. The summed E-state index contributed by atoms with van der Waals surface area (Å²) in [6.45, 7) is 2.63. The number of halogens is 2. The summed E-state index contributed by atoms with van der Waals surface area (Å²) in [7, 11) is -3.76. The molecule has 2 aromatic rings. The molecule has 32 heavy (non-hydrogen) atoms. The lowest BCUT2D eigenvalue weighted by Crippen LogP contribution is -2.40. The fourth-order valence-electron chi connectivity index (χ4n) is 3.78. The highest BCUT2D eigenvalue weighted by atomic mass is 35.5. The standard InChI is InChI=1S/C23H24ClFN2O4S/c1-2-31-20-12-19(24)13-21(14-20)32(29,30)27-9-7-18(8-10-27)23(28)6-5-17-4-3-16(15-26)11-22(17)25/h3-4,11-14,18H,2,5-10H2,1H3. The van der Waals surface area contributed by atoms with Gasteiger partial charge >= 0.3 is 0 Å². The molecular weight excluding hydrogens is 455 g/mol. The van der Waals surface area contributed by atoms with E-state index in [0.29, 0.717) is 30.8 Å². The highest BCUT2D eigenvalue weighted by Gasteiger charge is 2.32. The molecule has 0 amide bonds. The molecule has 0 unspecified atom stereocenters. The molecule has 170 valence electrons. The van der Waals surface area contributed by atoms with Crippen LogP contribution >= 0.6 is 11.6 Å². The molecule has 6 nitrogen and oxygen atoms in total. The number of piperidine rings is 1. The van der Waals surface area contributed by atoms with Crippen LogP contribution in [0.3, 0.4) is 0 Å². The second kappa shape index (κ2) is 10.4. The zero-order valence-electron chi connectivity index (χ0n) is 17.7. The number of sulfonamides is 1. The maximum Gasteiger partial charge on any atom is 0.243 e. The number of ether oxygens (including phenoxy) is 1. The zero-order valence-corrected chi connectivity index (χ0v) is 19.3. The van der Waals surface area contributed by atoms with Crippen LogP contribution in [0.4, 0.5) is 4.39 Å². The lowest BCUT2D eigenvalue weighted by molar-refractivity contribution is -0.123. The normalized spacial score (nSPS) is 15.3. The topological polar surface area (TPSA) is 87.5 Å². The van der Waals surface area contributed by atoms with Crippen LogP contribution in [0.1, 0.15) is 37.3 Å². The minimum atomic E-state index is -3.76. The SMILES string of the molecule is CCOc1cc(Cl)cc(S(=O)(=O)N2CCC(C(=O)CCc3ccc(C#N)cc3F)CC2)c1. The molecule has 3 rings (SSSR count). The number of ketones is 1. The molecule has 0 aromatic heterocycles. The van der Waals surface area contributed by atoms with Crippen LogP contribution in [0.2, 0.25) is 5.02 Å². The predicted molar refractivity (Wildman–Crippen MR) is 119 cm³/mol. The predicted octanol–water partition coefficient (Wildman–Crippen LogP) is 4.35. The molecule has 1 aliphatic heterocycles. The molecule has 1 aliphatic rings. The summed E-state index contributed by atoms with van der Waals surface area (Å²) in [5.41, 5.74) is 0.627. The van der Waals surface area contributed by atoms with Crippen LogP contribution in [-0.2, 0) is 21.2 Å². The minimum absolute atomic E-state index is 0.00723. The van der Waals surface area contributed by atoms with E-state index in [9.17, 15) is 17.6 Å². The van der Waals surface area contributed by atoms with E-state index in [0.717, 1.165) is 6.07 Å². The second-order valence-corrected chi connectivity index (χ2v) is 9.99. The van der Waals surface area contributed by atoms with Crippen molar-refractivity contribution in [3.05, 3.63) is 58.4 Å². The van der Waals surface area contributed by atoms with Crippen LogP contribution in [-0.4, -0.2) is 38.2 Å². The molecule has 1 fully saturated rings. The van der Waals surface area contributed by atoms with Crippen molar-refractivity contribution in [1.29, 1.82) is 5.26 Å². The Labute approximate surface area is 192 Å². The molecule has 0 N–H and O–H groups in total. The summed E-state index contributed by atoms with van der Waals surface area (Å²) >= 11 is 6.06. The van der Waals surface area contributed by atoms with Gasteiger partial charge in [0, 0.05) is 36.5 Å². The average molecular weight is 479 g/mol. The first kappa shape index (κ1) is 24.2. The number of Topliss-reactive ketones (excluding diaryl/α,β-unsaturated/α-hetero) is 1. The number of aryl methyl sites for hydroxylation is 1. The number of hydrogen-bond donors (Lipinski definition) is 0. The smallest absolute Gasteiger partial charge is 0.243 e. The summed E-state index contributed by atoms with van der Waals surface area (Å²) in [4.78, 5) is 12.7. The van der Waals surface area contributed by atoms with Gasteiger partial charge in [0.25, 0.3) is 0 Å². The van der Waals surface area contributed by atoms with Crippen molar-refractivity contribution in [1.82, 2.24) is 4.31 Å². The third-order valence-corrected chi connectivity index (χ3v) is 7.62. The maximum atomic E-state index is 14.0. The van der Waals surface area contributed by atoms with Crippen molar-refractivity contribution in [2.75, 3.05) is 19.7 Å². The van der Waals surface area contributed by atoms with Crippen molar-refractivity contribution in [3.63, 3.8) is 0 Å². The van der Waals surface area contributed by atoms with Crippen LogP contribution in [0.15, 0.2) is 41.3 Å². The maximum absolute atomic E-state index is 14.0. The largest absolute Gasteiger partial charge is 0.494 e. The molecular formula is C23H24ClFN2O4S. The number of carbonyl (C=O) groups is 1. The summed E-state index contributed by atoms with van der Waals surface area (Å²) in [5, 5.41) is 9.09. The van der Waals surface area contributed by atoms with Gasteiger partial charge in [-0.15, -0.1) is 0 Å². The first-order chi connectivity index (χ1) is 15.2. The molecule has 1 heterocycles. The van der Waals surface area contributed by atoms with Gasteiger partial charge in [0.15, 0.2) is 0 Å². The molecule has 0 aliphatic carbocycles. The third kappa shape index (κ3) is 5.66. The Bertz CT molecular complexity index is 1140. The number of hydrogen-bond acceptors (Lipinski definition) is 5. The van der Waals surface area contributed by atoms with E-state index in [1.807, 2.05) is 6.07 Å². The van der Waals surface area contributed by atoms with Gasteiger partial charge in [0.1, 0.15) is 17.3 Å². The van der Waals surface area contributed by atoms with Gasteiger partial charge < -0.3 is 4.74 Å². The second-order valence-electron chi connectivity index (χ2n) is 7.62. The van der Waals surface area contributed by atoms with Crippen molar-refractivity contribution in [2.24, 2.45) is 5.92 Å². The molecule has 0 saturated carbocycles. The van der Waals surface area contributed by atoms with E-state index in [-0.39, 0.29) is 53.1 Å². The summed E-state index contributed by atoms with van der Waals surface area (Å²) < 4.78 is 46.8. The Hall–Kier alpha value is -2.47.